The molecule has 1 aliphatic heterocycles. The lowest BCUT2D eigenvalue weighted by molar-refractivity contribution is 0.0444. The van der Waals surface area contributed by atoms with Gasteiger partial charge in [-0.1, -0.05) is 6.92 Å². The second kappa shape index (κ2) is 10.0. The van der Waals surface area contributed by atoms with E-state index in [0.29, 0.717) is 19.3 Å². The molecule has 4 heteroatoms. The van der Waals surface area contributed by atoms with Gasteiger partial charge in [-0.05, 0) is 19.3 Å². The maximum atomic E-state index is 5.45. The molecule has 1 heterocycles. The first kappa shape index (κ1) is 13.9. The molecule has 16 heavy (non-hydrogen) atoms. The standard InChI is InChI=1S/C12H25NO3/c1-2-6-14-10-11-16-9-5-13-12-3-7-15-8-4-12/h12-13H,2-11H2,1H3. The van der Waals surface area contributed by atoms with Gasteiger partial charge in [-0.25, -0.2) is 0 Å². The Morgan fingerprint density at radius 3 is 2.44 bits per heavy atom. The molecule has 0 aromatic heterocycles. The van der Waals surface area contributed by atoms with Crippen LogP contribution in [-0.2, 0) is 14.2 Å². The largest absolute Gasteiger partial charge is 0.381 e. The van der Waals surface area contributed by atoms with E-state index in [-0.39, 0.29) is 0 Å². The molecule has 0 aromatic carbocycles. The molecule has 0 unspecified atom stereocenters. The molecule has 0 saturated carbocycles. The fourth-order valence-electron chi connectivity index (χ4n) is 1.70. The highest BCUT2D eigenvalue weighted by Crippen LogP contribution is 2.05. The van der Waals surface area contributed by atoms with Crippen LogP contribution >= 0.6 is 0 Å². The lowest BCUT2D eigenvalue weighted by Crippen LogP contribution is -2.36. The molecule has 96 valence electrons. The van der Waals surface area contributed by atoms with Crippen molar-refractivity contribution in [3.8, 4) is 0 Å². The van der Waals surface area contributed by atoms with Crippen molar-refractivity contribution in [1.82, 2.24) is 5.32 Å². The van der Waals surface area contributed by atoms with Gasteiger partial charge in [0.05, 0.1) is 19.8 Å². The fraction of sp³-hybridized carbons (Fsp3) is 1.00. The Kier molecular flexibility index (Phi) is 8.71. The molecule has 1 fully saturated rings. The first-order valence-corrected chi connectivity index (χ1v) is 6.40. The fourth-order valence-corrected chi connectivity index (χ4v) is 1.70. The van der Waals surface area contributed by atoms with E-state index in [1.54, 1.807) is 0 Å². The van der Waals surface area contributed by atoms with Gasteiger partial charge in [0.25, 0.3) is 0 Å². The van der Waals surface area contributed by atoms with Crippen LogP contribution in [0, 0.1) is 0 Å². The summed E-state index contributed by atoms with van der Waals surface area (Å²) in [6.45, 7) is 7.85. The van der Waals surface area contributed by atoms with Gasteiger partial charge < -0.3 is 19.5 Å². The predicted molar refractivity (Wildman–Crippen MR) is 63.8 cm³/mol. The Labute approximate surface area is 98.6 Å². The second-order valence-corrected chi connectivity index (χ2v) is 4.07. The van der Waals surface area contributed by atoms with Crippen molar-refractivity contribution < 1.29 is 14.2 Å². The normalized spacial score (nSPS) is 17.8. The van der Waals surface area contributed by atoms with Crippen LogP contribution in [0.5, 0.6) is 0 Å². The second-order valence-electron chi connectivity index (χ2n) is 4.07. The van der Waals surface area contributed by atoms with Gasteiger partial charge in [-0.3, -0.25) is 0 Å². The van der Waals surface area contributed by atoms with E-state index in [1.807, 2.05) is 0 Å². The molecule has 4 nitrogen and oxygen atoms in total. The van der Waals surface area contributed by atoms with Gasteiger partial charge >= 0.3 is 0 Å². The summed E-state index contributed by atoms with van der Waals surface area (Å²) in [6.07, 6.45) is 3.32. The first-order chi connectivity index (χ1) is 7.93. The molecule has 0 atom stereocenters. The number of ether oxygens (including phenoxy) is 3. The van der Waals surface area contributed by atoms with Gasteiger partial charge in [0.15, 0.2) is 0 Å². The highest BCUT2D eigenvalue weighted by Gasteiger charge is 2.11. The van der Waals surface area contributed by atoms with Crippen molar-refractivity contribution in [3.63, 3.8) is 0 Å². The van der Waals surface area contributed by atoms with E-state index < -0.39 is 0 Å². The number of nitrogens with one attached hydrogen (secondary N) is 1. The zero-order valence-corrected chi connectivity index (χ0v) is 10.4. The predicted octanol–water partition coefficient (Wildman–Crippen LogP) is 1.20. The lowest BCUT2D eigenvalue weighted by atomic mass is 10.1. The molecule has 0 spiro atoms. The zero-order valence-electron chi connectivity index (χ0n) is 10.4. The number of hydrogen-bond acceptors (Lipinski definition) is 4. The minimum Gasteiger partial charge on any atom is -0.381 e. The summed E-state index contributed by atoms with van der Waals surface area (Å²) in [5, 5.41) is 3.48. The van der Waals surface area contributed by atoms with Crippen molar-refractivity contribution in [2.45, 2.75) is 32.2 Å². The Morgan fingerprint density at radius 1 is 1.06 bits per heavy atom. The van der Waals surface area contributed by atoms with Gasteiger partial charge in [-0.15, -0.1) is 0 Å². The smallest absolute Gasteiger partial charge is 0.0701 e. The average Bonchev–Trinajstić information content (AvgIpc) is 2.34. The van der Waals surface area contributed by atoms with E-state index in [4.69, 9.17) is 14.2 Å². The van der Waals surface area contributed by atoms with Crippen LogP contribution in [0.3, 0.4) is 0 Å². The molecular formula is C12H25NO3. The molecule has 1 aliphatic rings. The van der Waals surface area contributed by atoms with Crippen LogP contribution in [0.25, 0.3) is 0 Å². The van der Waals surface area contributed by atoms with Crippen LogP contribution in [-0.4, -0.2) is 52.2 Å². The van der Waals surface area contributed by atoms with Crippen LogP contribution in [0.15, 0.2) is 0 Å². The first-order valence-electron chi connectivity index (χ1n) is 6.40. The van der Waals surface area contributed by atoms with E-state index >= 15 is 0 Å². The maximum Gasteiger partial charge on any atom is 0.0701 e. The summed E-state index contributed by atoms with van der Waals surface area (Å²) >= 11 is 0. The number of hydrogen-bond donors (Lipinski definition) is 1. The topological polar surface area (TPSA) is 39.7 Å². The van der Waals surface area contributed by atoms with Gasteiger partial charge in [0, 0.05) is 32.4 Å². The van der Waals surface area contributed by atoms with Crippen molar-refractivity contribution in [2.24, 2.45) is 0 Å². The molecule has 0 radical (unpaired) electrons. The summed E-state index contributed by atoms with van der Waals surface area (Å²) in [7, 11) is 0. The minimum atomic E-state index is 0.619. The summed E-state index contributed by atoms with van der Waals surface area (Å²) in [4.78, 5) is 0. The van der Waals surface area contributed by atoms with Gasteiger partial charge in [-0.2, -0.15) is 0 Å². The van der Waals surface area contributed by atoms with Crippen LogP contribution in [0.1, 0.15) is 26.2 Å². The minimum absolute atomic E-state index is 0.619. The Morgan fingerprint density at radius 2 is 1.75 bits per heavy atom. The molecular weight excluding hydrogens is 206 g/mol. The van der Waals surface area contributed by atoms with E-state index in [1.165, 1.54) is 0 Å². The molecule has 0 aliphatic carbocycles. The monoisotopic (exact) mass is 231 g/mol. The molecule has 1 rings (SSSR count). The van der Waals surface area contributed by atoms with E-state index in [2.05, 4.69) is 12.2 Å². The van der Waals surface area contributed by atoms with Gasteiger partial charge in [0.2, 0.25) is 0 Å². The summed E-state index contributed by atoms with van der Waals surface area (Å²) in [5.41, 5.74) is 0. The molecule has 0 aromatic rings. The van der Waals surface area contributed by atoms with Crippen molar-refractivity contribution in [1.29, 1.82) is 0 Å². The van der Waals surface area contributed by atoms with E-state index in [0.717, 1.165) is 52.2 Å². The average molecular weight is 231 g/mol. The van der Waals surface area contributed by atoms with E-state index in [9.17, 15) is 0 Å². The SMILES string of the molecule is CCCOCCOCCNC1CCOCC1. The van der Waals surface area contributed by atoms with Crippen LogP contribution in [0.4, 0.5) is 0 Å². The number of rotatable bonds is 9. The third-order valence-corrected chi connectivity index (χ3v) is 2.62. The third kappa shape index (κ3) is 7.17. The van der Waals surface area contributed by atoms with Crippen molar-refractivity contribution in [3.05, 3.63) is 0 Å². The Hall–Kier alpha value is -0.160. The Bertz CT molecular complexity index is 149. The highest BCUT2D eigenvalue weighted by atomic mass is 16.5. The summed E-state index contributed by atoms with van der Waals surface area (Å²) in [6, 6.07) is 0.619. The highest BCUT2D eigenvalue weighted by molar-refractivity contribution is 4.69. The van der Waals surface area contributed by atoms with Gasteiger partial charge in [0.1, 0.15) is 0 Å². The quantitative estimate of drug-likeness (QED) is 0.605. The summed E-state index contributed by atoms with van der Waals surface area (Å²) < 4.78 is 16.1. The maximum absolute atomic E-state index is 5.45. The third-order valence-electron chi connectivity index (χ3n) is 2.62. The molecule has 1 N–H and O–H groups in total. The molecule has 0 bridgehead atoms. The molecule has 0 amide bonds. The summed E-state index contributed by atoms with van der Waals surface area (Å²) in [5.74, 6) is 0. The van der Waals surface area contributed by atoms with Crippen LogP contribution < -0.4 is 5.32 Å². The van der Waals surface area contributed by atoms with Crippen molar-refractivity contribution >= 4 is 0 Å². The van der Waals surface area contributed by atoms with Crippen molar-refractivity contribution in [2.75, 3.05) is 46.2 Å². The molecule has 1 saturated heterocycles. The zero-order chi connectivity index (χ0) is 11.5. The lowest BCUT2D eigenvalue weighted by Gasteiger charge is -2.23. The Balaban J connectivity index is 1.77. The van der Waals surface area contributed by atoms with Crippen LogP contribution in [0.2, 0.25) is 0 Å².